The predicted octanol–water partition coefficient (Wildman–Crippen LogP) is 1.25. The number of hydrogen-bond acceptors (Lipinski definition) is 6. The van der Waals surface area contributed by atoms with E-state index in [0.717, 1.165) is 30.9 Å². The number of ether oxygens (including phenoxy) is 2. The number of nitrogens with zero attached hydrogens (tertiary/aromatic N) is 3. The van der Waals surface area contributed by atoms with Gasteiger partial charge in [0.05, 0.1) is 18.0 Å². The summed E-state index contributed by atoms with van der Waals surface area (Å²) in [5.74, 6) is 0.533. The molecular formula is C19H25N5O3. The molecule has 1 aliphatic rings. The maximum absolute atomic E-state index is 12.5. The van der Waals surface area contributed by atoms with Gasteiger partial charge in [0.25, 0.3) is 5.91 Å². The quantitative estimate of drug-likeness (QED) is 0.536. The van der Waals surface area contributed by atoms with Gasteiger partial charge in [-0.2, -0.15) is 9.90 Å². The molecule has 0 bridgehead atoms. The average Bonchev–Trinajstić information content (AvgIpc) is 3.09. The number of aryl methyl sites for hydroxylation is 1. The third kappa shape index (κ3) is 5.15. The first kappa shape index (κ1) is 19.1. The zero-order valence-corrected chi connectivity index (χ0v) is 15.7. The minimum Gasteiger partial charge on any atom is -0.491 e. The Labute approximate surface area is 158 Å². The first-order valence-electron chi connectivity index (χ1n) is 9.00. The highest BCUT2D eigenvalue weighted by Gasteiger charge is 2.16. The molecular weight excluding hydrogens is 346 g/mol. The second kappa shape index (κ2) is 9.29. The molecule has 2 N–H and O–H groups in total. The van der Waals surface area contributed by atoms with E-state index < -0.39 is 0 Å². The molecule has 0 radical (unpaired) electrons. The summed E-state index contributed by atoms with van der Waals surface area (Å²) >= 11 is 0. The molecule has 1 amide bonds. The van der Waals surface area contributed by atoms with Crippen molar-refractivity contribution < 1.29 is 14.3 Å². The summed E-state index contributed by atoms with van der Waals surface area (Å²) < 4.78 is 10.5. The molecule has 1 aliphatic heterocycles. The summed E-state index contributed by atoms with van der Waals surface area (Å²) in [5.41, 5.74) is 2.92. The minimum absolute atomic E-state index is 0.210. The minimum atomic E-state index is -0.210. The van der Waals surface area contributed by atoms with Crippen LogP contribution in [0, 0.1) is 6.92 Å². The number of aromatic nitrogens is 3. The molecule has 0 spiro atoms. The Hall–Kier alpha value is -2.71. The molecule has 0 aliphatic carbocycles. The summed E-state index contributed by atoms with van der Waals surface area (Å²) in [5, 5.41) is 14.9. The van der Waals surface area contributed by atoms with E-state index in [2.05, 4.69) is 26.9 Å². The van der Waals surface area contributed by atoms with Crippen molar-refractivity contribution in [3.63, 3.8) is 0 Å². The molecule has 27 heavy (non-hydrogen) atoms. The Balaban J connectivity index is 1.63. The number of benzene rings is 1. The van der Waals surface area contributed by atoms with E-state index in [0.29, 0.717) is 31.1 Å². The topological polar surface area (TPSA) is 90.3 Å². The van der Waals surface area contributed by atoms with E-state index in [-0.39, 0.29) is 5.91 Å². The number of amides is 1. The number of carbonyl (C=O) groups is 1. The molecule has 2 heterocycles. The molecule has 8 nitrogen and oxygen atoms in total. The molecule has 1 aromatic carbocycles. The van der Waals surface area contributed by atoms with Gasteiger partial charge in [0.15, 0.2) is 5.69 Å². The van der Waals surface area contributed by atoms with Crippen LogP contribution in [0.4, 0.5) is 0 Å². The van der Waals surface area contributed by atoms with Gasteiger partial charge in [-0.25, -0.2) is 0 Å². The molecule has 2 aromatic rings. The van der Waals surface area contributed by atoms with E-state index in [1.807, 2.05) is 24.3 Å². The Morgan fingerprint density at radius 3 is 2.78 bits per heavy atom. The van der Waals surface area contributed by atoms with Crippen molar-refractivity contribution in [1.29, 1.82) is 0 Å². The second-order valence-corrected chi connectivity index (χ2v) is 6.26. The molecule has 144 valence electrons. The second-order valence-electron chi connectivity index (χ2n) is 6.26. The number of nitrogens with one attached hydrogen (secondary N) is 2. The molecule has 0 unspecified atom stereocenters. The lowest BCUT2D eigenvalue weighted by Crippen LogP contribution is -2.30. The van der Waals surface area contributed by atoms with Gasteiger partial charge < -0.3 is 20.1 Å². The van der Waals surface area contributed by atoms with E-state index in [1.54, 1.807) is 14.0 Å². The average molecular weight is 371 g/mol. The summed E-state index contributed by atoms with van der Waals surface area (Å²) in [7, 11) is 1.63. The third-order valence-electron chi connectivity index (χ3n) is 4.26. The van der Waals surface area contributed by atoms with Gasteiger partial charge in [-0.1, -0.05) is 11.6 Å². The monoisotopic (exact) mass is 371 g/mol. The van der Waals surface area contributed by atoms with Crippen molar-refractivity contribution >= 4 is 5.91 Å². The standard InChI is InChI=1S/C19H25N5O3/c1-14-18(19(25)21-13-15-7-9-20-10-8-15)23-24(22-14)16-3-5-17(6-4-16)27-12-11-26-2/h3-7,20H,8-13H2,1-2H3,(H,21,25). The fourth-order valence-corrected chi connectivity index (χ4v) is 2.73. The zero-order valence-electron chi connectivity index (χ0n) is 15.7. The molecule has 1 aromatic heterocycles. The highest BCUT2D eigenvalue weighted by molar-refractivity contribution is 5.93. The van der Waals surface area contributed by atoms with Crippen molar-refractivity contribution in [2.45, 2.75) is 13.3 Å². The lowest BCUT2D eigenvalue weighted by atomic mass is 10.1. The summed E-state index contributed by atoms with van der Waals surface area (Å²) in [6, 6.07) is 7.38. The van der Waals surface area contributed by atoms with Gasteiger partial charge in [-0.15, -0.1) is 5.10 Å². The normalized spacial score (nSPS) is 13.9. The Morgan fingerprint density at radius 2 is 2.07 bits per heavy atom. The van der Waals surface area contributed by atoms with E-state index in [4.69, 9.17) is 9.47 Å². The van der Waals surface area contributed by atoms with Crippen LogP contribution in [0.3, 0.4) is 0 Å². The smallest absolute Gasteiger partial charge is 0.274 e. The van der Waals surface area contributed by atoms with Crippen molar-refractivity contribution in [3.8, 4) is 11.4 Å². The number of methoxy groups -OCH3 is 1. The van der Waals surface area contributed by atoms with Gasteiger partial charge in [0.1, 0.15) is 12.4 Å². The van der Waals surface area contributed by atoms with Gasteiger partial charge >= 0.3 is 0 Å². The van der Waals surface area contributed by atoms with Crippen molar-refractivity contribution in [3.05, 3.63) is 47.3 Å². The fraction of sp³-hybridized carbons (Fsp3) is 0.421. The fourth-order valence-electron chi connectivity index (χ4n) is 2.73. The molecule has 0 saturated heterocycles. The highest BCUT2D eigenvalue weighted by atomic mass is 16.5. The number of hydrogen-bond donors (Lipinski definition) is 2. The van der Waals surface area contributed by atoms with Crippen LogP contribution in [0.15, 0.2) is 35.9 Å². The first-order valence-corrected chi connectivity index (χ1v) is 9.00. The van der Waals surface area contributed by atoms with E-state index in [9.17, 15) is 4.79 Å². The van der Waals surface area contributed by atoms with Crippen molar-refractivity contribution in [2.75, 3.05) is 40.0 Å². The zero-order chi connectivity index (χ0) is 19.1. The van der Waals surface area contributed by atoms with Crippen LogP contribution in [-0.2, 0) is 4.74 Å². The van der Waals surface area contributed by atoms with Gasteiger partial charge in [-0.3, -0.25) is 4.79 Å². The molecule has 0 saturated carbocycles. The SMILES string of the molecule is COCCOc1ccc(-n2nc(C)c(C(=O)NCC3=CCNCC3)n2)cc1. The van der Waals surface area contributed by atoms with E-state index >= 15 is 0 Å². The summed E-state index contributed by atoms with van der Waals surface area (Å²) in [6.07, 6.45) is 3.06. The predicted molar refractivity (Wildman–Crippen MR) is 101 cm³/mol. The van der Waals surface area contributed by atoms with Crippen molar-refractivity contribution in [2.24, 2.45) is 0 Å². The largest absolute Gasteiger partial charge is 0.491 e. The maximum Gasteiger partial charge on any atom is 0.274 e. The Bertz CT molecular complexity index is 798. The van der Waals surface area contributed by atoms with E-state index in [1.165, 1.54) is 10.4 Å². The molecule has 0 atom stereocenters. The molecule has 0 fully saturated rings. The summed E-state index contributed by atoms with van der Waals surface area (Å²) in [6.45, 7) is 5.15. The van der Waals surface area contributed by atoms with Crippen LogP contribution >= 0.6 is 0 Å². The highest BCUT2D eigenvalue weighted by Crippen LogP contribution is 2.15. The van der Waals surface area contributed by atoms with Gasteiger partial charge in [0, 0.05) is 20.2 Å². The van der Waals surface area contributed by atoms with Crippen molar-refractivity contribution in [1.82, 2.24) is 25.6 Å². The van der Waals surface area contributed by atoms with Crippen LogP contribution in [-0.4, -0.2) is 60.9 Å². The lowest BCUT2D eigenvalue weighted by molar-refractivity contribution is 0.0950. The Morgan fingerprint density at radius 1 is 1.26 bits per heavy atom. The molecule has 8 heteroatoms. The van der Waals surface area contributed by atoms with Crippen LogP contribution in [0.25, 0.3) is 5.69 Å². The molecule has 3 rings (SSSR count). The summed E-state index contributed by atoms with van der Waals surface area (Å²) in [4.78, 5) is 13.9. The third-order valence-corrected chi connectivity index (χ3v) is 4.26. The number of rotatable bonds is 8. The van der Waals surface area contributed by atoms with Crippen LogP contribution in [0.2, 0.25) is 0 Å². The van der Waals surface area contributed by atoms with Crippen LogP contribution < -0.4 is 15.4 Å². The van der Waals surface area contributed by atoms with Gasteiger partial charge in [0.2, 0.25) is 0 Å². The lowest BCUT2D eigenvalue weighted by Gasteiger charge is -2.14. The maximum atomic E-state index is 12.5. The Kier molecular flexibility index (Phi) is 6.56. The van der Waals surface area contributed by atoms with Gasteiger partial charge in [-0.05, 0) is 44.2 Å². The number of carbonyl (C=O) groups excluding carboxylic acids is 1. The van der Waals surface area contributed by atoms with Crippen LogP contribution in [0.1, 0.15) is 22.6 Å². The van der Waals surface area contributed by atoms with Crippen LogP contribution in [0.5, 0.6) is 5.75 Å². The first-order chi connectivity index (χ1) is 13.2.